The van der Waals surface area contributed by atoms with Crippen molar-refractivity contribution in [1.29, 1.82) is 0 Å². The fourth-order valence-corrected chi connectivity index (χ4v) is 1.34. The lowest BCUT2D eigenvalue weighted by atomic mass is 10.3. The molecule has 4 heteroatoms. The second kappa shape index (κ2) is 6.30. The van der Waals surface area contributed by atoms with Gasteiger partial charge in [-0.3, -0.25) is 4.90 Å². The molecule has 0 aromatic heterocycles. The van der Waals surface area contributed by atoms with Gasteiger partial charge < -0.3 is 4.90 Å². The second-order valence-corrected chi connectivity index (χ2v) is 3.69. The number of likely N-dealkylation sites (tertiary alicyclic amines) is 1. The summed E-state index contributed by atoms with van der Waals surface area (Å²) in [6.07, 6.45) is 0.0282. The summed E-state index contributed by atoms with van der Waals surface area (Å²) in [4.78, 5) is 3.83. The summed E-state index contributed by atoms with van der Waals surface area (Å²) in [5.41, 5.74) is 0. The van der Waals surface area contributed by atoms with E-state index in [0.717, 1.165) is 13.1 Å². The molecular weight excluding hydrogens is 186 g/mol. The van der Waals surface area contributed by atoms with Crippen molar-refractivity contribution in [2.75, 3.05) is 40.3 Å². The number of hydrogen-bond donors (Lipinski definition) is 0. The highest BCUT2D eigenvalue weighted by molar-refractivity contribution is 4.81. The Balaban J connectivity index is 0.000000791. The molecule has 0 bridgehead atoms. The maximum Gasteiger partial charge on any atom is 0.261 e. The van der Waals surface area contributed by atoms with Crippen LogP contribution in [0.15, 0.2) is 0 Å². The number of nitrogens with zero attached hydrogens (tertiary/aromatic N) is 2. The molecule has 86 valence electrons. The zero-order valence-corrected chi connectivity index (χ0v) is 9.69. The molecule has 1 fully saturated rings. The van der Waals surface area contributed by atoms with Gasteiger partial charge in [0, 0.05) is 26.1 Å². The van der Waals surface area contributed by atoms with E-state index >= 15 is 0 Å². The fraction of sp³-hybridized carbons (Fsp3) is 1.00. The first-order valence-corrected chi connectivity index (χ1v) is 5.24. The van der Waals surface area contributed by atoms with Crippen LogP contribution in [0.2, 0.25) is 0 Å². The normalized spacial score (nSPS) is 20.8. The third-order valence-electron chi connectivity index (χ3n) is 2.11. The molecular formula is C10H22F2N2. The number of rotatable bonds is 3. The average molecular weight is 208 g/mol. The van der Waals surface area contributed by atoms with Crippen LogP contribution in [0, 0.1) is 0 Å². The minimum atomic E-state index is -2.44. The Hall–Kier alpha value is -0.220. The molecule has 0 aromatic carbocycles. The molecule has 1 aliphatic rings. The van der Waals surface area contributed by atoms with Gasteiger partial charge in [-0.1, -0.05) is 13.8 Å². The molecule has 1 rings (SSSR count). The van der Waals surface area contributed by atoms with Gasteiger partial charge in [0.15, 0.2) is 0 Å². The number of hydrogen-bond acceptors (Lipinski definition) is 2. The van der Waals surface area contributed by atoms with Crippen molar-refractivity contribution in [2.45, 2.75) is 26.2 Å². The van der Waals surface area contributed by atoms with Gasteiger partial charge in [-0.05, 0) is 14.1 Å². The molecule has 1 saturated heterocycles. The standard InChI is InChI=1S/C8H16F2N2.C2H6/c1-11(2)5-6-12-4-3-8(9,10)7-12;1-2/h3-7H2,1-2H3;1-2H3. The molecule has 0 radical (unpaired) electrons. The summed E-state index contributed by atoms with van der Waals surface area (Å²) in [7, 11) is 3.91. The van der Waals surface area contributed by atoms with E-state index in [4.69, 9.17) is 0 Å². The van der Waals surface area contributed by atoms with Crippen molar-refractivity contribution in [3.63, 3.8) is 0 Å². The van der Waals surface area contributed by atoms with Crippen LogP contribution < -0.4 is 0 Å². The highest BCUT2D eigenvalue weighted by Crippen LogP contribution is 2.26. The molecule has 0 unspecified atom stereocenters. The molecule has 0 atom stereocenters. The van der Waals surface area contributed by atoms with Gasteiger partial charge in [0.05, 0.1) is 6.54 Å². The molecule has 0 amide bonds. The average Bonchev–Trinajstić information content (AvgIpc) is 2.46. The smallest absolute Gasteiger partial charge is 0.261 e. The first-order valence-electron chi connectivity index (χ1n) is 5.24. The fourth-order valence-electron chi connectivity index (χ4n) is 1.34. The van der Waals surface area contributed by atoms with E-state index in [9.17, 15) is 8.78 Å². The van der Waals surface area contributed by atoms with E-state index < -0.39 is 5.92 Å². The Morgan fingerprint density at radius 3 is 2.21 bits per heavy atom. The van der Waals surface area contributed by atoms with Crippen LogP contribution in [-0.2, 0) is 0 Å². The minimum Gasteiger partial charge on any atom is -0.308 e. The Kier molecular flexibility index (Phi) is 6.20. The van der Waals surface area contributed by atoms with Gasteiger partial charge in [0.1, 0.15) is 0 Å². The topological polar surface area (TPSA) is 6.48 Å². The lowest BCUT2D eigenvalue weighted by molar-refractivity contribution is 0.0118. The maximum atomic E-state index is 12.7. The first-order chi connectivity index (χ1) is 6.49. The quantitative estimate of drug-likeness (QED) is 0.699. The summed E-state index contributed by atoms with van der Waals surface area (Å²) >= 11 is 0. The summed E-state index contributed by atoms with van der Waals surface area (Å²) in [5, 5.41) is 0. The van der Waals surface area contributed by atoms with Crippen molar-refractivity contribution in [3.05, 3.63) is 0 Å². The van der Waals surface area contributed by atoms with Crippen LogP contribution in [0.3, 0.4) is 0 Å². The van der Waals surface area contributed by atoms with E-state index in [1.165, 1.54) is 0 Å². The number of likely N-dealkylation sites (N-methyl/N-ethyl adjacent to an activating group) is 1. The van der Waals surface area contributed by atoms with Crippen molar-refractivity contribution in [3.8, 4) is 0 Å². The Bertz CT molecular complexity index is 149. The highest BCUT2D eigenvalue weighted by Gasteiger charge is 2.37. The van der Waals surface area contributed by atoms with Crippen LogP contribution in [0.1, 0.15) is 20.3 Å². The predicted octanol–water partition coefficient (Wildman–Crippen LogP) is 1.92. The van der Waals surface area contributed by atoms with Gasteiger partial charge in [-0.25, -0.2) is 8.78 Å². The molecule has 0 saturated carbocycles. The second-order valence-electron chi connectivity index (χ2n) is 3.69. The minimum absolute atomic E-state index is 0.0282. The molecule has 0 N–H and O–H groups in total. The van der Waals surface area contributed by atoms with Crippen LogP contribution in [0.4, 0.5) is 8.78 Å². The predicted molar refractivity (Wildman–Crippen MR) is 55.9 cm³/mol. The first kappa shape index (κ1) is 13.8. The molecule has 0 aromatic rings. The zero-order valence-electron chi connectivity index (χ0n) is 9.69. The highest BCUT2D eigenvalue weighted by atomic mass is 19.3. The van der Waals surface area contributed by atoms with Crippen LogP contribution in [0.5, 0.6) is 0 Å². The SMILES string of the molecule is CC.CN(C)CCN1CCC(F)(F)C1. The van der Waals surface area contributed by atoms with E-state index in [2.05, 4.69) is 0 Å². The van der Waals surface area contributed by atoms with E-state index in [0.29, 0.717) is 6.54 Å². The monoisotopic (exact) mass is 208 g/mol. The Morgan fingerprint density at radius 1 is 1.29 bits per heavy atom. The third kappa shape index (κ3) is 5.50. The van der Waals surface area contributed by atoms with Gasteiger partial charge in [0.2, 0.25) is 0 Å². The van der Waals surface area contributed by atoms with Gasteiger partial charge >= 0.3 is 0 Å². The molecule has 0 spiro atoms. The maximum absolute atomic E-state index is 12.7. The lowest BCUT2D eigenvalue weighted by Crippen LogP contribution is -2.31. The lowest BCUT2D eigenvalue weighted by Gasteiger charge is -2.17. The Labute approximate surface area is 85.9 Å². The van der Waals surface area contributed by atoms with Gasteiger partial charge in [-0.15, -0.1) is 0 Å². The molecule has 0 aliphatic carbocycles. The number of halogens is 2. The largest absolute Gasteiger partial charge is 0.308 e. The van der Waals surface area contributed by atoms with Crippen LogP contribution in [0.25, 0.3) is 0 Å². The number of alkyl halides is 2. The van der Waals surface area contributed by atoms with Crippen LogP contribution >= 0.6 is 0 Å². The summed E-state index contributed by atoms with van der Waals surface area (Å²) in [6, 6.07) is 0. The van der Waals surface area contributed by atoms with Crippen molar-refractivity contribution >= 4 is 0 Å². The Morgan fingerprint density at radius 2 is 1.86 bits per heavy atom. The van der Waals surface area contributed by atoms with E-state index in [1.54, 1.807) is 0 Å². The van der Waals surface area contributed by atoms with Crippen molar-refractivity contribution in [1.82, 2.24) is 9.80 Å². The molecule has 2 nitrogen and oxygen atoms in total. The summed E-state index contributed by atoms with van der Waals surface area (Å²) in [6.45, 7) is 6.10. The summed E-state index contributed by atoms with van der Waals surface area (Å²) < 4.78 is 25.3. The van der Waals surface area contributed by atoms with Gasteiger partial charge in [-0.2, -0.15) is 0 Å². The third-order valence-corrected chi connectivity index (χ3v) is 2.11. The zero-order chi connectivity index (χ0) is 11.2. The molecule has 1 heterocycles. The van der Waals surface area contributed by atoms with E-state index in [-0.39, 0.29) is 13.0 Å². The van der Waals surface area contributed by atoms with Crippen LogP contribution in [-0.4, -0.2) is 56.0 Å². The van der Waals surface area contributed by atoms with Gasteiger partial charge in [0.25, 0.3) is 5.92 Å². The molecule has 14 heavy (non-hydrogen) atoms. The molecule has 1 aliphatic heterocycles. The van der Waals surface area contributed by atoms with Crippen molar-refractivity contribution in [2.24, 2.45) is 0 Å². The van der Waals surface area contributed by atoms with Crippen molar-refractivity contribution < 1.29 is 8.78 Å². The summed E-state index contributed by atoms with van der Waals surface area (Å²) in [5.74, 6) is -2.44. The van der Waals surface area contributed by atoms with E-state index in [1.807, 2.05) is 37.7 Å².